The summed E-state index contributed by atoms with van der Waals surface area (Å²) in [5, 5.41) is 2.85. The van der Waals surface area contributed by atoms with Gasteiger partial charge in [0.25, 0.3) is 5.91 Å². The predicted molar refractivity (Wildman–Crippen MR) is 87.0 cm³/mol. The van der Waals surface area contributed by atoms with Crippen LogP contribution in [0.1, 0.15) is 21.5 Å². The zero-order chi connectivity index (χ0) is 15.9. The fraction of sp³-hybridized carbons (Fsp3) is 0.176. The van der Waals surface area contributed by atoms with Gasteiger partial charge in [0, 0.05) is 17.0 Å². The molecule has 4 nitrogen and oxygen atoms in total. The zero-order valence-corrected chi connectivity index (χ0v) is 13.1. The number of ether oxygens (including phenoxy) is 1. The molecule has 0 aliphatic carbocycles. The van der Waals surface area contributed by atoms with E-state index in [4.69, 9.17) is 0 Å². The number of benzene rings is 2. The fourth-order valence-corrected chi connectivity index (χ4v) is 2.06. The second kappa shape index (κ2) is 7.66. The van der Waals surface area contributed by atoms with Crippen molar-refractivity contribution in [1.29, 1.82) is 0 Å². The Bertz CT molecular complexity index is 651. The lowest BCUT2D eigenvalue weighted by atomic mass is 10.1. The Kier molecular flexibility index (Phi) is 5.61. The Morgan fingerprint density at radius 1 is 1.00 bits per heavy atom. The van der Waals surface area contributed by atoms with Gasteiger partial charge in [-0.25, -0.2) is 0 Å². The maximum Gasteiger partial charge on any atom is 0.309 e. The van der Waals surface area contributed by atoms with Gasteiger partial charge >= 0.3 is 5.97 Å². The third-order valence-corrected chi connectivity index (χ3v) is 3.48. The Hall–Kier alpha value is -2.27. The molecule has 0 radical (unpaired) electrons. The molecule has 0 bridgehead atoms. The number of methoxy groups -OCH3 is 1. The minimum Gasteiger partial charge on any atom is -0.469 e. The lowest BCUT2D eigenvalue weighted by Crippen LogP contribution is -2.22. The van der Waals surface area contributed by atoms with E-state index in [2.05, 4.69) is 22.7 Å². The van der Waals surface area contributed by atoms with Crippen LogP contribution in [-0.4, -0.2) is 19.0 Å². The predicted octanol–water partition coefficient (Wildman–Crippen LogP) is 2.62. The van der Waals surface area contributed by atoms with Crippen LogP contribution in [-0.2, 0) is 22.5 Å². The van der Waals surface area contributed by atoms with E-state index in [1.165, 1.54) is 7.11 Å². The molecule has 0 aromatic heterocycles. The summed E-state index contributed by atoms with van der Waals surface area (Å²) in [6.45, 7) is 0.431. The summed E-state index contributed by atoms with van der Waals surface area (Å²) in [5.41, 5.74) is 2.44. The molecule has 0 aliphatic heterocycles. The number of hydrogen-bond donors (Lipinski definition) is 2. The van der Waals surface area contributed by atoms with Crippen LogP contribution in [0.4, 0.5) is 0 Å². The van der Waals surface area contributed by atoms with Crippen LogP contribution in [0, 0.1) is 0 Å². The molecule has 0 fully saturated rings. The summed E-state index contributed by atoms with van der Waals surface area (Å²) in [7, 11) is 1.37. The van der Waals surface area contributed by atoms with E-state index in [9.17, 15) is 9.59 Å². The molecule has 0 unspecified atom stereocenters. The molecule has 0 spiro atoms. The highest BCUT2D eigenvalue weighted by Gasteiger charge is 2.06. The topological polar surface area (TPSA) is 55.4 Å². The number of carbonyl (C=O) groups excluding carboxylic acids is 2. The standard InChI is InChI=1S/C17H17NO3S/c1-21-16(19)10-12-2-4-13(5-3-12)11-18-17(20)14-6-8-15(22)9-7-14/h2-9,22H,10-11H2,1H3,(H,18,20). The lowest BCUT2D eigenvalue weighted by molar-refractivity contribution is -0.139. The highest BCUT2D eigenvalue weighted by molar-refractivity contribution is 7.80. The van der Waals surface area contributed by atoms with Crippen molar-refractivity contribution in [2.75, 3.05) is 7.11 Å². The van der Waals surface area contributed by atoms with Crippen molar-refractivity contribution in [3.05, 3.63) is 65.2 Å². The summed E-state index contributed by atoms with van der Waals surface area (Å²) in [4.78, 5) is 24.0. The molecule has 114 valence electrons. The Morgan fingerprint density at radius 2 is 1.59 bits per heavy atom. The molecule has 1 N–H and O–H groups in total. The number of thiol groups is 1. The summed E-state index contributed by atoms with van der Waals surface area (Å²) >= 11 is 4.19. The Morgan fingerprint density at radius 3 is 2.18 bits per heavy atom. The average Bonchev–Trinajstić information content (AvgIpc) is 2.54. The molecule has 0 aliphatic rings. The van der Waals surface area contributed by atoms with Crippen molar-refractivity contribution in [1.82, 2.24) is 5.32 Å². The monoisotopic (exact) mass is 315 g/mol. The largest absolute Gasteiger partial charge is 0.469 e. The molecular weight excluding hydrogens is 298 g/mol. The van der Waals surface area contributed by atoms with Crippen molar-refractivity contribution in [3.63, 3.8) is 0 Å². The van der Waals surface area contributed by atoms with Crippen LogP contribution in [0.3, 0.4) is 0 Å². The molecule has 0 saturated carbocycles. The van der Waals surface area contributed by atoms with Gasteiger partial charge in [-0.3, -0.25) is 9.59 Å². The van der Waals surface area contributed by atoms with Crippen LogP contribution in [0.2, 0.25) is 0 Å². The minimum atomic E-state index is -0.270. The second-order valence-corrected chi connectivity index (χ2v) is 5.32. The van der Waals surface area contributed by atoms with Gasteiger partial charge in [0.05, 0.1) is 13.5 Å². The van der Waals surface area contributed by atoms with Gasteiger partial charge in [-0.1, -0.05) is 24.3 Å². The van der Waals surface area contributed by atoms with Crippen LogP contribution >= 0.6 is 12.6 Å². The smallest absolute Gasteiger partial charge is 0.309 e. The molecular formula is C17H17NO3S. The van der Waals surface area contributed by atoms with Gasteiger partial charge in [-0.05, 0) is 35.4 Å². The summed E-state index contributed by atoms with van der Waals surface area (Å²) in [6, 6.07) is 14.5. The molecule has 2 aromatic carbocycles. The first-order valence-electron chi connectivity index (χ1n) is 6.80. The number of hydrogen-bond acceptors (Lipinski definition) is 4. The number of nitrogens with one attached hydrogen (secondary N) is 1. The average molecular weight is 315 g/mol. The van der Waals surface area contributed by atoms with Crippen molar-refractivity contribution >= 4 is 24.5 Å². The van der Waals surface area contributed by atoms with Gasteiger partial charge in [0.15, 0.2) is 0 Å². The highest BCUT2D eigenvalue weighted by atomic mass is 32.1. The first-order chi connectivity index (χ1) is 10.6. The van der Waals surface area contributed by atoms with Crippen molar-refractivity contribution in [2.45, 2.75) is 17.9 Å². The van der Waals surface area contributed by atoms with Gasteiger partial charge < -0.3 is 10.1 Å². The zero-order valence-electron chi connectivity index (χ0n) is 12.2. The van der Waals surface area contributed by atoms with Gasteiger partial charge in [-0.15, -0.1) is 12.6 Å². The first-order valence-corrected chi connectivity index (χ1v) is 7.25. The molecule has 1 amide bonds. The van der Waals surface area contributed by atoms with E-state index in [0.717, 1.165) is 16.0 Å². The lowest BCUT2D eigenvalue weighted by Gasteiger charge is -2.07. The van der Waals surface area contributed by atoms with Crippen LogP contribution in [0.5, 0.6) is 0 Å². The fourth-order valence-electron chi connectivity index (χ4n) is 1.91. The SMILES string of the molecule is COC(=O)Cc1ccc(CNC(=O)c2ccc(S)cc2)cc1. The maximum absolute atomic E-state index is 12.0. The first kappa shape index (κ1) is 16.1. The quantitative estimate of drug-likeness (QED) is 0.659. The number of amides is 1. The van der Waals surface area contributed by atoms with E-state index < -0.39 is 0 Å². The van der Waals surface area contributed by atoms with Crippen LogP contribution in [0.25, 0.3) is 0 Å². The molecule has 22 heavy (non-hydrogen) atoms. The van der Waals surface area contributed by atoms with Crippen molar-refractivity contribution in [3.8, 4) is 0 Å². The van der Waals surface area contributed by atoms with E-state index >= 15 is 0 Å². The van der Waals surface area contributed by atoms with Crippen molar-refractivity contribution < 1.29 is 14.3 Å². The van der Waals surface area contributed by atoms with Gasteiger partial charge in [-0.2, -0.15) is 0 Å². The third-order valence-electron chi connectivity index (χ3n) is 3.18. The van der Waals surface area contributed by atoms with E-state index in [-0.39, 0.29) is 18.3 Å². The van der Waals surface area contributed by atoms with Crippen LogP contribution in [0.15, 0.2) is 53.4 Å². The second-order valence-electron chi connectivity index (χ2n) is 4.80. The number of carbonyl (C=O) groups is 2. The maximum atomic E-state index is 12.0. The van der Waals surface area contributed by atoms with Gasteiger partial charge in [0.2, 0.25) is 0 Å². The number of esters is 1. The Balaban J connectivity index is 1.90. The number of rotatable bonds is 5. The van der Waals surface area contributed by atoms with E-state index in [1.807, 2.05) is 24.3 Å². The summed E-state index contributed by atoms with van der Waals surface area (Å²) in [6.07, 6.45) is 0.249. The van der Waals surface area contributed by atoms with Crippen LogP contribution < -0.4 is 5.32 Å². The molecule has 2 aromatic rings. The Labute approximate surface area is 134 Å². The minimum absolute atomic E-state index is 0.132. The summed E-state index contributed by atoms with van der Waals surface area (Å²) in [5.74, 6) is -0.402. The van der Waals surface area contributed by atoms with Crippen molar-refractivity contribution in [2.24, 2.45) is 0 Å². The normalized spacial score (nSPS) is 10.1. The molecule has 2 rings (SSSR count). The third kappa shape index (κ3) is 4.63. The van der Waals surface area contributed by atoms with E-state index in [1.54, 1.807) is 24.3 Å². The molecule has 0 atom stereocenters. The highest BCUT2D eigenvalue weighted by Crippen LogP contribution is 2.09. The van der Waals surface area contributed by atoms with E-state index in [0.29, 0.717) is 12.1 Å². The molecule has 5 heteroatoms. The molecule has 0 heterocycles. The van der Waals surface area contributed by atoms with Gasteiger partial charge in [0.1, 0.15) is 0 Å². The summed E-state index contributed by atoms with van der Waals surface area (Å²) < 4.78 is 4.62. The molecule has 0 saturated heterocycles.